The number of nitrogens with zero attached hydrogens (tertiary/aromatic N) is 3. The van der Waals surface area contributed by atoms with Crippen LogP contribution in [0.15, 0.2) is 85.8 Å². The Labute approximate surface area is 231 Å². The smallest absolute Gasteiger partial charge is 0.135 e. The maximum absolute atomic E-state index is 5.01. The minimum atomic E-state index is -0.0608. The molecule has 6 rings (SSSR count). The van der Waals surface area contributed by atoms with E-state index < -0.39 is 0 Å². The summed E-state index contributed by atoms with van der Waals surface area (Å²) in [5, 5.41) is 12.3. The van der Waals surface area contributed by atoms with Crippen LogP contribution in [-0.2, 0) is 0 Å². The summed E-state index contributed by atoms with van der Waals surface area (Å²) in [4.78, 5) is 15.4. The second-order valence-corrected chi connectivity index (χ2v) is 12.0. The van der Waals surface area contributed by atoms with Gasteiger partial charge in [0.1, 0.15) is 11.2 Å². The second-order valence-electron chi connectivity index (χ2n) is 10.9. The number of hydrogen-bond donors (Lipinski definition) is 3. The van der Waals surface area contributed by atoms with Crippen LogP contribution >= 0.6 is 11.3 Å². The van der Waals surface area contributed by atoms with E-state index in [0.29, 0.717) is 0 Å². The van der Waals surface area contributed by atoms with Gasteiger partial charge < -0.3 is 10.3 Å². The molecule has 0 bridgehead atoms. The van der Waals surface area contributed by atoms with Crippen LogP contribution in [0.3, 0.4) is 0 Å². The van der Waals surface area contributed by atoms with Crippen LogP contribution in [0.1, 0.15) is 32.6 Å². The van der Waals surface area contributed by atoms with E-state index >= 15 is 0 Å². The summed E-state index contributed by atoms with van der Waals surface area (Å²) < 4.78 is 0. The van der Waals surface area contributed by atoms with E-state index in [2.05, 4.69) is 95.8 Å². The van der Waals surface area contributed by atoms with Gasteiger partial charge in [0.25, 0.3) is 0 Å². The predicted octanol–water partition coefficient (Wildman–Crippen LogP) is 8.90. The van der Waals surface area contributed by atoms with Gasteiger partial charge in [0.05, 0.1) is 28.8 Å². The number of benzene rings is 1. The minimum absolute atomic E-state index is 0.0608. The number of allylic oxidation sites excluding steroid dienone is 2. The number of fused-ring (bicyclic) bond motifs is 2. The van der Waals surface area contributed by atoms with Gasteiger partial charge in [-0.05, 0) is 55.0 Å². The quantitative estimate of drug-likeness (QED) is 0.201. The lowest BCUT2D eigenvalue weighted by atomic mass is 9.93. The Balaban J connectivity index is 1.39. The zero-order valence-corrected chi connectivity index (χ0v) is 23.3. The number of hydrogen-bond acceptors (Lipinski definition) is 5. The Hall–Kier alpha value is -4.49. The molecule has 0 aliphatic rings. The van der Waals surface area contributed by atoms with Crippen molar-refractivity contribution in [2.24, 2.45) is 5.41 Å². The highest BCUT2D eigenvalue weighted by Crippen LogP contribution is 2.38. The monoisotopic (exact) mass is 530 g/mol. The van der Waals surface area contributed by atoms with Gasteiger partial charge in [0.2, 0.25) is 0 Å². The van der Waals surface area contributed by atoms with Crippen LogP contribution in [0.25, 0.3) is 60.6 Å². The molecule has 0 spiro atoms. The molecular formula is C32H30N6S. The van der Waals surface area contributed by atoms with E-state index in [1.807, 2.05) is 31.3 Å². The van der Waals surface area contributed by atoms with Crippen LogP contribution in [0.2, 0.25) is 0 Å². The molecule has 0 unspecified atom stereocenters. The lowest BCUT2D eigenvalue weighted by molar-refractivity contribution is 0.509. The molecule has 1 aromatic carbocycles. The molecule has 6 aromatic rings. The molecule has 0 radical (unpaired) electrons. The van der Waals surface area contributed by atoms with Gasteiger partial charge in [-0.3, -0.25) is 10.1 Å². The molecule has 7 heteroatoms. The zero-order chi connectivity index (χ0) is 27.3. The van der Waals surface area contributed by atoms with E-state index in [0.717, 1.165) is 61.5 Å². The third-order valence-corrected chi connectivity index (χ3v) is 8.13. The fraction of sp³-hybridized carbons (Fsp3) is 0.156. The molecular weight excluding hydrogens is 500 g/mol. The molecule has 39 heavy (non-hydrogen) atoms. The Morgan fingerprint density at radius 1 is 0.974 bits per heavy atom. The van der Waals surface area contributed by atoms with Crippen LogP contribution in [0, 0.1) is 5.41 Å². The Morgan fingerprint density at radius 2 is 1.82 bits per heavy atom. The van der Waals surface area contributed by atoms with Crippen molar-refractivity contribution in [3.8, 4) is 33.1 Å². The van der Waals surface area contributed by atoms with Crippen molar-refractivity contribution in [2.45, 2.75) is 27.7 Å². The zero-order valence-electron chi connectivity index (χ0n) is 22.5. The first-order valence-electron chi connectivity index (χ1n) is 12.8. The summed E-state index contributed by atoms with van der Waals surface area (Å²) in [5.74, 6) is 0. The van der Waals surface area contributed by atoms with E-state index in [-0.39, 0.29) is 5.41 Å². The van der Waals surface area contributed by atoms with E-state index in [9.17, 15) is 0 Å². The molecule has 0 aliphatic heterocycles. The highest BCUT2D eigenvalue weighted by atomic mass is 32.1. The van der Waals surface area contributed by atoms with Crippen molar-refractivity contribution in [1.29, 1.82) is 0 Å². The van der Waals surface area contributed by atoms with Gasteiger partial charge in [-0.25, -0.2) is 4.98 Å². The lowest BCUT2D eigenvalue weighted by Crippen LogP contribution is -2.15. The number of aromatic amines is 2. The maximum atomic E-state index is 5.01. The third-order valence-electron chi connectivity index (χ3n) is 6.85. The number of aromatic nitrogens is 5. The summed E-state index contributed by atoms with van der Waals surface area (Å²) in [5.41, 5.74) is 10.2. The molecule has 3 N–H and O–H groups in total. The van der Waals surface area contributed by atoms with Gasteiger partial charge in [-0.2, -0.15) is 5.10 Å². The molecule has 0 fully saturated rings. The van der Waals surface area contributed by atoms with Gasteiger partial charge in [0, 0.05) is 49.1 Å². The van der Waals surface area contributed by atoms with Crippen LogP contribution in [0.4, 0.5) is 5.69 Å². The number of rotatable bonds is 6. The number of pyridine rings is 2. The molecule has 5 aromatic heterocycles. The van der Waals surface area contributed by atoms with Gasteiger partial charge in [-0.1, -0.05) is 46.1 Å². The topological polar surface area (TPSA) is 82.3 Å². The first-order chi connectivity index (χ1) is 18.7. The van der Waals surface area contributed by atoms with Crippen molar-refractivity contribution in [2.75, 3.05) is 5.32 Å². The van der Waals surface area contributed by atoms with Crippen LogP contribution in [-0.4, -0.2) is 25.1 Å². The van der Waals surface area contributed by atoms with Crippen molar-refractivity contribution in [1.82, 2.24) is 25.1 Å². The molecule has 0 saturated heterocycles. The third kappa shape index (κ3) is 4.66. The standard InChI is InChI=1S/C32H30N6S/c1-18(2)28-12-13-29(39-28)22-8-7-9-25-23(22)15-27(35-25)31-30-26(37-38-31)11-10-24(36-30)20-14-21(17-33-16-20)34-19(3)32(4,5)6/h7-17,34-35H,1,3H2,2,4-6H3,(H,37,38). The number of thiophene rings is 1. The average molecular weight is 531 g/mol. The summed E-state index contributed by atoms with van der Waals surface area (Å²) in [6, 6.07) is 18.9. The lowest BCUT2D eigenvalue weighted by Gasteiger charge is -2.23. The number of nitrogens with one attached hydrogen (secondary N) is 3. The fourth-order valence-electron chi connectivity index (χ4n) is 4.47. The molecule has 0 atom stereocenters. The first-order valence-corrected chi connectivity index (χ1v) is 13.6. The average Bonchev–Trinajstić information content (AvgIpc) is 3.65. The van der Waals surface area contributed by atoms with Gasteiger partial charge in [0.15, 0.2) is 0 Å². The van der Waals surface area contributed by atoms with Crippen molar-refractivity contribution in [3.05, 3.63) is 90.7 Å². The van der Waals surface area contributed by atoms with E-state index in [1.165, 1.54) is 15.3 Å². The highest BCUT2D eigenvalue weighted by molar-refractivity contribution is 7.16. The second kappa shape index (κ2) is 9.36. The number of anilines is 1. The van der Waals surface area contributed by atoms with Crippen LogP contribution < -0.4 is 5.32 Å². The number of H-pyrrole nitrogens is 2. The van der Waals surface area contributed by atoms with Crippen molar-refractivity contribution in [3.63, 3.8) is 0 Å². The van der Waals surface area contributed by atoms with E-state index in [1.54, 1.807) is 17.5 Å². The van der Waals surface area contributed by atoms with Gasteiger partial charge in [-0.15, -0.1) is 11.3 Å². The van der Waals surface area contributed by atoms with Crippen LogP contribution in [0.5, 0.6) is 0 Å². The summed E-state index contributed by atoms with van der Waals surface area (Å²) in [6.07, 6.45) is 3.63. The van der Waals surface area contributed by atoms with E-state index in [4.69, 9.17) is 4.98 Å². The molecule has 0 aliphatic carbocycles. The normalized spacial score (nSPS) is 11.8. The van der Waals surface area contributed by atoms with Crippen molar-refractivity contribution >= 4 is 44.5 Å². The molecule has 194 valence electrons. The molecule has 0 saturated carbocycles. The Morgan fingerprint density at radius 3 is 2.59 bits per heavy atom. The van der Waals surface area contributed by atoms with Crippen molar-refractivity contribution < 1.29 is 0 Å². The highest BCUT2D eigenvalue weighted by Gasteiger charge is 2.17. The molecule has 6 nitrogen and oxygen atoms in total. The fourth-order valence-corrected chi connectivity index (χ4v) is 5.44. The Bertz CT molecular complexity index is 1880. The van der Waals surface area contributed by atoms with Gasteiger partial charge >= 0.3 is 0 Å². The SMILES string of the molecule is C=C(C)c1ccc(-c2cccc3[nH]c(-c4n[nH]c5ccc(-c6cncc(NC(=C)C(C)(C)C)c6)nc45)cc23)s1. The molecule has 5 heterocycles. The Kier molecular flexibility index (Phi) is 5.96. The maximum Gasteiger partial charge on any atom is 0.135 e. The summed E-state index contributed by atoms with van der Waals surface area (Å²) in [6.45, 7) is 16.7. The molecule has 0 amide bonds. The summed E-state index contributed by atoms with van der Waals surface area (Å²) >= 11 is 1.76. The minimum Gasteiger partial charge on any atom is -0.358 e. The predicted molar refractivity (Wildman–Crippen MR) is 165 cm³/mol. The first kappa shape index (κ1) is 24.8. The largest absolute Gasteiger partial charge is 0.358 e. The summed E-state index contributed by atoms with van der Waals surface area (Å²) in [7, 11) is 0.